The SMILES string of the molecule is CC(C)c1oc(-c2ccc3ccccc3c2)nc1COC[C@H]1CCCC(COC(C)(C)C(=O)O)C1. The quantitative estimate of drug-likeness (QED) is 0.343. The second kappa shape index (κ2) is 10.9. The van der Waals surface area contributed by atoms with Crippen molar-refractivity contribution in [2.24, 2.45) is 11.8 Å². The summed E-state index contributed by atoms with van der Waals surface area (Å²) in [6, 6.07) is 14.5. The zero-order valence-electron chi connectivity index (χ0n) is 21.3. The summed E-state index contributed by atoms with van der Waals surface area (Å²) in [4.78, 5) is 16.1. The molecular weight excluding hydrogens is 442 g/mol. The summed E-state index contributed by atoms with van der Waals surface area (Å²) in [5, 5.41) is 11.6. The Morgan fingerprint density at radius 2 is 1.83 bits per heavy atom. The van der Waals surface area contributed by atoms with Crippen LogP contribution in [0.4, 0.5) is 0 Å². The molecule has 1 N–H and O–H groups in total. The van der Waals surface area contributed by atoms with Crippen LogP contribution in [0.3, 0.4) is 0 Å². The Labute approximate surface area is 207 Å². The van der Waals surface area contributed by atoms with E-state index in [0.717, 1.165) is 48.1 Å². The Morgan fingerprint density at radius 3 is 2.54 bits per heavy atom. The summed E-state index contributed by atoms with van der Waals surface area (Å²) in [7, 11) is 0. The zero-order chi connectivity index (χ0) is 25.0. The standard InChI is InChI=1S/C29H37NO5/c1-19(2)26-25(30-27(35-26)24-13-12-22-10-5-6-11-23(22)15-24)18-33-16-20-8-7-9-21(14-20)17-34-29(3,4)28(31)32/h5-6,10-13,15,19-21H,7-9,14,16-18H2,1-4H3,(H,31,32)/t20-,21?/m0/s1. The van der Waals surface area contributed by atoms with Gasteiger partial charge >= 0.3 is 5.97 Å². The molecule has 1 aliphatic carbocycles. The van der Waals surface area contributed by atoms with Crippen LogP contribution in [0.5, 0.6) is 0 Å². The summed E-state index contributed by atoms with van der Waals surface area (Å²) in [5.74, 6) is 1.61. The normalized spacial score (nSPS) is 18.9. The van der Waals surface area contributed by atoms with Gasteiger partial charge in [0.25, 0.3) is 0 Å². The van der Waals surface area contributed by atoms with E-state index >= 15 is 0 Å². The van der Waals surface area contributed by atoms with Gasteiger partial charge in [0.05, 0.1) is 13.2 Å². The number of aliphatic carboxylic acids is 1. The van der Waals surface area contributed by atoms with Crippen molar-refractivity contribution in [1.82, 2.24) is 4.98 Å². The Morgan fingerprint density at radius 1 is 1.11 bits per heavy atom. The van der Waals surface area contributed by atoms with Gasteiger partial charge in [-0.15, -0.1) is 0 Å². The summed E-state index contributed by atoms with van der Waals surface area (Å²) in [6.07, 6.45) is 4.30. The molecule has 1 unspecified atom stereocenters. The second-order valence-corrected chi connectivity index (χ2v) is 10.6. The molecule has 2 atom stereocenters. The van der Waals surface area contributed by atoms with Gasteiger partial charge in [-0.05, 0) is 67.9 Å². The largest absolute Gasteiger partial charge is 0.479 e. The first kappa shape index (κ1) is 25.4. The average Bonchev–Trinajstić information content (AvgIpc) is 3.27. The molecule has 0 bridgehead atoms. The molecular formula is C29H37NO5. The molecule has 3 aromatic rings. The molecule has 1 fully saturated rings. The molecule has 1 saturated carbocycles. The summed E-state index contributed by atoms with van der Waals surface area (Å²) < 4.78 is 18.0. The van der Waals surface area contributed by atoms with Crippen LogP contribution < -0.4 is 0 Å². The highest BCUT2D eigenvalue weighted by atomic mass is 16.5. The number of aromatic nitrogens is 1. The zero-order valence-corrected chi connectivity index (χ0v) is 21.3. The third-order valence-electron chi connectivity index (χ3n) is 6.93. The average molecular weight is 480 g/mol. The molecule has 6 nitrogen and oxygen atoms in total. The first-order chi connectivity index (χ1) is 16.7. The van der Waals surface area contributed by atoms with Gasteiger partial charge < -0.3 is 19.0 Å². The minimum absolute atomic E-state index is 0.212. The van der Waals surface area contributed by atoms with Gasteiger partial charge in [0, 0.05) is 18.1 Å². The minimum atomic E-state index is -1.15. The van der Waals surface area contributed by atoms with Gasteiger partial charge in [-0.3, -0.25) is 0 Å². The van der Waals surface area contributed by atoms with Crippen LogP contribution in [0.1, 0.15) is 70.8 Å². The molecule has 1 aromatic heterocycles. The summed E-state index contributed by atoms with van der Waals surface area (Å²) >= 11 is 0. The van der Waals surface area contributed by atoms with E-state index in [2.05, 4.69) is 44.2 Å². The van der Waals surface area contributed by atoms with Crippen molar-refractivity contribution in [2.45, 2.75) is 71.5 Å². The topological polar surface area (TPSA) is 81.8 Å². The van der Waals surface area contributed by atoms with E-state index in [1.165, 1.54) is 5.39 Å². The lowest BCUT2D eigenvalue weighted by atomic mass is 9.82. The Balaban J connectivity index is 1.36. The predicted molar refractivity (Wildman–Crippen MR) is 136 cm³/mol. The van der Waals surface area contributed by atoms with Gasteiger partial charge in [-0.2, -0.15) is 0 Å². The lowest BCUT2D eigenvalue weighted by Gasteiger charge is -2.31. The number of oxazole rings is 1. The van der Waals surface area contributed by atoms with E-state index in [-0.39, 0.29) is 5.92 Å². The van der Waals surface area contributed by atoms with Crippen molar-refractivity contribution in [2.75, 3.05) is 13.2 Å². The molecule has 6 heteroatoms. The number of carboxylic acids is 1. The predicted octanol–water partition coefficient (Wildman–Crippen LogP) is 6.82. The molecule has 2 aromatic carbocycles. The van der Waals surface area contributed by atoms with E-state index in [9.17, 15) is 9.90 Å². The van der Waals surface area contributed by atoms with Gasteiger partial charge in [0.1, 0.15) is 11.5 Å². The maximum Gasteiger partial charge on any atom is 0.335 e. The first-order valence-corrected chi connectivity index (χ1v) is 12.7. The lowest BCUT2D eigenvalue weighted by molar-refractivity contribution is -0.163. The maximum atomic E-state index is 11.3. The fourth-order valence-corrected chi connectivity index (χ4v) is 4.78. The number of hydrogen-bond acceptors (Lipinski definition) is 5. The summed E-state index contributed by atoms with van der Waals surface area (Å²) in [5.41, 5.74) is 0.685. The number of benzene rings is 2. The van der Waals surface area contributed by atoms with Crippen LogP contribution in [0.25, 0.3) is 22.2 Å². The molecule has 0 spiro atoms. The van der Waals surface area contributed by atoms with Crippen molar-refractivity contribution in [3.8, 4) is 11.5 Å². The van der Waals surface area contributed by atoms with Crippen molar-refractivity contribution < 1.29 is 23.8 Å². The maximum absolute atomic E-state index is 11.3. The summed E-state index contributed by atoms with van der Waals surface area (Å²) in [6.45, 7) is 9.00. The highest BCUT2D eigenvalue weighted by Gasteiger charge is 2.31. The number of nitrogens with zero attached hydrogens (tertiary/aromatic N) is 1. The van der Waals surface area contributed by atoms with E-state index in [1.54, 1.807) is 13.8 Å². The van der Waals surface area contributed by atoms with Crippen LogP contribution >= 0.6 is 0 Å². The van der Waals surface area contributed by atoms with Crippen LogP contribution in [0, 0.1) is 11.8 Å². The first-order valence-electron chi connectivity index (χ1n) is 12.7. The molecule has 188 valence electrons. The fraction of sp³-hybridized carbons (Fsp3) is 0.517. The Kier molecular flexibility index (Phi) is 7.92. The molecule has 1 aliphatic rings. The molecule has 1 heterocycles. The smallest absolute Gasteiger partial charge is 0.335 e. The van der Waals surface area contributed by atoms with Crippen molar-refractivity contribution in [3.05, 3.63) is 53.9 Å². The third-order valence-corrected chi connectivity index (χ3v) is 6.93. The van der Waals surface area contributed by atoms with Crippen molar-refractivity contribution in [3.63, 3.8) is 0 Å². The van der Waals surface area contributed by atoms with Crippen LogP contribution in [0.15, 0.2) is 46.9 Å². The minimum Gasteiger partial charge on any atom is -0.479 e. The molecule has 35 heavy (non-hydrogen) atoms. The van der Waals surface area contributed by atoms with E-state index in [1.807, 2.05) is 12.1 Å². The Bertz CT molecular complexity index is 1150. The number of ether oxygens (including phenoxy) is 2. The number of rotatable bonds is 10. The third kappa shape index (κ3) is 6.30. The van der Waals surface area contributed by atoms with Crippen molar-refractivity contribution >= 4 is 16.7 Å². The van der Waals surface area contributed by atoms with Crippen LogP contribution in [-0.2, 0) is 20.9 Å². The van der Waals surface area contributed by atoms with Gasteiger partial charge in [0.15, 0.2) is 5.60 Å². The Hall–Kier alpha value is -2.70. The second-order valence-electron chi connectivity index (χ2n) is 10.6. The number of carbonyl (C=O) groups is 1. The van der Waals surface area contributed by atoms with E-state index in [4.69, 9.17) is 18.9 Å². The fourth-order valence-electron chi connectivity index (χ4n) is 4.78. The molecule has 0 amide bonds. The van der Waals surface area contributed by atoms with E-state index in [0.29, 0.717) is 37.5 Å². The monoisotopic (exact) mass is 479 g/mol. The van der Waals surface area contributed by atoms with Gasteiger partial charge in [0.2, 0.25) is 5.89 Å². The number of hydrogen-bond donors (Lipinski definition) is 1. The van der Waals surface area contributed by atoms with Crippen LogP contribution in [0.2, 0.25) is 0 Å². The van der Waals surface area contributed by atoms with Crippen LogP contribution in [-0.4, -0.2) is 34.9 Å². The van der Waals surface area contributed by atoms with Gasteiger partial charge in [-0.1, -0.05) is 50.6 Å². The highest BCUT2D eigenvalue weighted by Crippen LogP contribution is 2.32. The molecule has 0 radical (unpaired) electrons. The number of fused-ring (bicyclic) bond motifs is 1. The molecule has 0 saturated heterocycles. The molecule has 0 aliphatic heterocycles. The molecule has 4 rings (SSSR count). The van der Waals surface area contributed by atoms with E-state index < -0.39 is 11.6 Å². The van der Waals surface area contributed by atoms with Crippen molar-refractivity contribution in [1.29, 1.82) is 0 Å². The number of carboxylic acid groups (broad SMARTS) is 1. The highest BCUT2D eigenvalue weighted by molar-refractivity contribution is 5.86. The lowest BCUT2D eigenvalue weighted by Crippen LogP contribution is -2.37. The van der Waals surface area contributed by atoms with Gasteiger partial charge in [-0.25, -0.2) is 9.78 Å².